The normalized spacial score (nSPS) is 22.5. The predicted octanol–water partition coefficient (Wildman–Crippen LogP) is 3.64. The van der Waals surface area contributed by atoms with E-state index in [2.05, 4.69) is 13.2 Å². The van der Waals surface area contributed by atoms with Crippen molar-refractivity contribution in [3.63, 3.8) is 0 Å². The van der Waals surface area contributed by atoms with Crippen molar-refractivity contribution in [2.45, 2.75) is 12.8 Å². The Labute approximate surface area is 85.3 Å². The molecule has 1 aliphatic rings. The fraction of sp³-hybridized carbons (Fsp3) is 0.556. The minimum Gasteiger partial charge on any atom is -0.321 e. The number of halogens is 1. The maximum Gasteiger partial charge on any atom is 0.276 e. The fourth-order valence-corrected chi connectivity index (χ4v) is 2.50. The van der Waals surface area contributed by atoms with Gasteiger partial charge in [0.2, 0.25) is 0 Å². The summed E-state index contributed by atoms with van der Waals surface area (Å²) in [5, 5.41) is 0. The first-order chi connectivity index (χ1) is 6.22. The van der Waals surface area contributed by atoms with Crippen LogP contribution in [0.1, 0.15) is 12.8 Å². The van der Waals surface area contributed by atoms with Crippen LogP contribution in [0.2, 0.25) is 0 Å². The fourth-order valence-electron chi connectivity index (χ4n) is 1.39. The van der Waals surface area contributed by atoms with Gasteiger partial charge in [-0.2, -0.15) is 0 Å². The molecule has 0 aromatic heterocycles. The highest BCUT2D eigenvalue weighted by atomic mass is 35.7. The molecule has 0 aliphatic carbocycles. The Bertz CT molecular complexity index is 176. The zero-order chi connectivity index (χ0) is 9.73. The van der Waals surface area contributed by atoms with Gasteiger partial charge in [-0.25, -0.2) is 0 Å². The van der Waals surface area contributed by atoms with Crippen molar-refractivity contribution < 1.29 is 9.05 Å². The lowest BCUT2D eigenvalue weighted by Crippen LogP contribution is -2.33. The smallest absolute Gasteiger partial charge is 0.276 e. The molecule has 0 radical (unpaired) electrons. The molecule has 0 aromatic carbocycles. The Morgan fingerprint density at radius 1 is 1.23 bits per heavy atom. The third-order valence-electron chi connectivity index (χ3n) is 2.10. The van der Waals surface area contributed by atoms with E-state index in [4.69, 9.17) is 20.3 Å². The summed E-state index contributed by atoms with van der Waals surface area (Å²) in [6.07, 6.45) is 5.52. The van der Waals surface area contributed by atoms with E-state index in [0.717, 1.165) is 12.8 Å². The molecule has 0 N–H and O–H groups in total. The highest BCUT2D eigenvalue weighted by Crippen LogP contribution is 2.51. The maximum absolute atomic E-state index is 5.71. The highest BCUT2D eigenvalue weighted by molar-refractivity contribution is 7.76. The second-order valence-electron chi connectivity index (χ2n) is 3.25. The van der Waals surface area contributed by atoms with Crippen molar-refractivity contribution in [1.29, 1.82) is 0 Å². The molecule has 74 valence electrons. The van der Waals surface area contributed by atoms with Crippen molar-refractivity contribution in [3.8, 4) is 0 Å². The molecular weight excluding hydrogens is 207 g/mol. The van der Waals surface area contributed by atoms with Crippen LogP contribution in [0, 0.1) is 5.41 Å². The van der Waals surface area contributed by atoms with E-state index in [0.29, 0.717) is 13.2 Å². The minimum atomic E-state index is -1.17. The average molecular weight is 221 g/mol. The van der Waals surface area contributed by atoms with Gasteiger partial charge in [-0.1, -0.05) is 12.2 Å². The molecule has 0 atom stereocenters. The number of rotatable bonds is 4. The van der Waals surface area contributed by atoms with Crippen molar-refractivity contribution in [3.05, 3.63) is 25.3 Å². The molecular formula is C9H14ClO2P. The summed E-state index contributed by atoms with van der Waals surface area (Å²) in [6.45, 7) is 8.73. The molecule has 1 heterocycles. The molecule has 0 aromatic rings. The zero-order valence-electron chi connectivity index (χ0n) is 7.54. The van der Waals surface area contributed by atoms with Crippen LogP contribution in [0.25, 0.3) is 0 Å². The molecule has 1 aliphatic heterocycles. The summed E-state index contributed by atoms with van der Waals surface area (Å²) in [5.74, 6) is 0. The molecule has 1 rings (SSSR count). The van der Waals surface area contributed by atoms with Gasteiger partial charge >= 0.3 is 0 Å². The number of allylic oxidation sites excluding steroid dienone is 2. The summed E-state index contributed by atoms with van der Waals surface area (Å²) < 4.78 is 10.6. The first-order valence-electron chi connectivity index (χ1n) is 4.16. The molecule has 4 heteroatoms. The molecule has 0 unspecified atom stereocenters. The Kier molecular flexibility index (Phi) is 4.40. The first kappa shape index (κ1) is 11.2. The van der Waals surface area contributed by atoms with Gasteiger partial charge in [0.05, 0.1) is 13.2 Å². The van der Waals surface area contributed by atoms with Crippen molar-refractivity contribution in [2.24, 2.45) is 5.41 Å². The molecule has 0 bridgehead atoms. The van der Waals surface area contributed by atoms with E-state index in [1.165, 1.54) is 0 Å². The van der Waals surface area contributed by atoms with E-state index in [9.17, 15) is 0 Å². The molecule has 0 saturated carbocycles. The van der Waals surface area contributed by atoms with Gasteiger partial charge < -0.3 is 9.05 Å². The third kappa shape index (κ3) is 3.07. The Hall–Kier alpha value is 0.120. The van der Waals surface area contributed by atoms with Crippen LogP contribution < -0.4 is 0 Å². The average Bonchev–Trinajstić information content (AvgIpc) is 2.11. The van der Waals surface area contributed by atoms with Crippen LogP contribution >= 0.6 is 19.0 Å². The van der Waals surface area contributed by atoms with E-state index < -0.39 is 7.73 Å². The summed E-state index contributed by atoms with van der Waals surface area (Å²) in [6, 6.07) is 0. The van der Waals surface area contributed by atoms with Crippen LogP contribution in [0.15, 0.2) is 25.3 Å². The van der Waals surface area contributed by atoms with Gasteiger partial charge in [-0.05, 0) is 24.1 Å². The Balaban J connectivity index is 2.56. The predicted molar refractivity (Wildman–Crippen MR) is 56.7 cm³/mol. The Morgan fingerprint density at radius 3 is 2.08 bits per heavy atom. The van der Waals surface area contributed by atoms with E-state index in [1.807, 2.05) is 12.2 Å². The van der Waals surface area contributed by atoms with Crippen LogP contribution in [0.5, 0.6) is 0 Å². The van der Waals surface area contributed by atoms with Gasteiger partial charge in [0.1, 0.15) is 0 Å². The first-order valence-corrected chi connectivity index (χ1v) is 6.24. The quantitative estimate of drug-likeness (QED) is 0.532. The van der Waals surface area contributed by atoms with Gasteiger partial charge in [0, 0.05) is 5.41 Å². The summed E-state index contributed by atoms with van der Waals surface area (Å²) >= 11 is 5.71. The van der Waals surface area contributed by atoms with E-state index >= 15 is 0 Å². The van der Waals surface area contributed by atoms with Crippen molar-refractivity contribution in [1.82, 2.24) is 0 Å². The number of hydrogen-bond acceptors (Lipinski definition) is 2. The van der Waals surface area contributed by atoms with E-state index in [-0.39, 0.29) is 5.41 Å². The van der Waals surface area contributed by atoms with Gasteiger partial charge in [0.25, 0.3) is 7.73 Å². The summed E-state index contributed by atoms with van der Waals surface area (Å²) in [5.41, 5.74) is 0.0111. The highest BCUT2D eigenvalue weighted by Gasteiger charge is 2.34. The molecule has 1 fully saturated rings. The third-order valence-corrected chi connectivity index (χ3v) is 3.35. The van der Waals surface area contributed by atoms with Crippen LogP contribution in [0.4, 0.5) is 0 Å². The Morgan fingerprint density at radius 2 is 1.69 bits per heavy atom. The monoisotopic (exact) mass is 220 g/mol. The molecule has 2 nitrogen and oxygen atoms in total. The lowest BCUT2D eigenvalue weighted by atomic mass is 9.83. The number of hydrogen-bond donors (Lipinski definition) is 0. The van der Waals surface area contributed by atoms with Crippen molar-refractivity contribution >= 4 is 19.0 Å². The second-order valence-corrected chi connectivity index (χ2v) is 5.01. The lowest BCUT2D eigenvalue weighted by molar-refractivity contribution is 0.0438. The van der Waals surface area contributed by atoms with Crippen LogP contribution in [-0.2, 0) is 9.05 Å². The van der Waals surface area contributed by atoms with Crippen LogP contribution in [0.3, 0.4) is 0 Å². The summed E-state index contributed by atoms with van der Waals surface area (Å²) in [7, 11) is -1.17. The summed E-state index contributed by atoms with van der Waals surface area (Å²) in [4.78, 5) is 0. The lowest BCUT2D eigenvalue weighted by Gasteiger charge is -2.36. The van der Waals surface area contributed by atoms with Gasteiger partial charge in [-0.15, -0.1) is 13.2 Å². The SMILES string of the molecule is C=CCC1(CC=C)COP(Cl)OC1. The van der Waals surface area contributed by atoms with Crippen molar-refractivity contribution in [2.75, 3.05) is 13.2 Å². The molecule has 0 amide bonds. The molecule has 1 saturated heterocycles. The van der Waals surface area contributed by atoms with Gasteiger partial charge in [-0.3, -0.25) is 0 Å². The molecule has 13 heavy (non-hydrogen) atoms. The maximum atomic E-state index is 5.71. The topological polar surface area (TPSA) is 18.5 Å². The standard InChI is InChI=1S/C9H14ClO2P/c1-3-5-9(6-4-2)7-11-13(10)12-8-9/h3-4H,1-2,5-8H2. The van der Waals surface area contributed by atoms with E-state index in [1.54, 1.807) is 0 Å². The van der Waals surface area contributed by atoms with Crippen LogP contribution in [-0.4, -0.2) is 13.2 Å². The zero-order valence-corrected chi connectivity index (χ0v) is 9.19. The largest absolute Gasteiger partial charge is 0.321 e. The second kappa shape index (κ2) is 5.11. The minimum absolute atomic E-state index is 0.0111. The molecule has 0 spiro atoms. The van der Waals surface area contributed by atoms with Gasteiger partial charge in [0.15, 0.2) is 0 Å².